The van der Waals surface area contributed by atoms with E-state index in [-0.39, 0.29) is 12.5 Å². The Labute approximate surface area is 79.4 Å². The number of carbonyl (C=O) groups excluding carboxylic acids is 1. The molecule has 1 rings (SSSR count). The molecule has 0 saturated carbocycles. The predicted octanol–water partition coefficient (Wildman–Crippen LogP) is -0.203. The molecule has 0 unspecified atom stereocenters. The van der Waals surface area contributed by atoms with Gasteiger partial charge in [-0.3, -0.25) is 4.79 Å². The van der Waals surface area contributed by atoms with Crippen molar-refractivity contribution in [2.45, 2.75) is 6.92 Å². The second-order valence-electron chi connectivity index (χ2n) is 3.25. The second kappa shape index (κ2) is 5.19. The fourth-order valence-electron chi connectivity index (χ4n) is 1.53. The highest BCUT2D eigenvalue weighted by Gasteiger charge is 2.19. The third-order valence-corrected chi connectivity index (χ3v) is 2.44. The molecule has 0 aromatic heterocycles. The highest BCUT2D eigenvalue weighted by molar-refractivity contribution is 5.77. The van der Waals surface area contributed by atoms with Gasteiger partial charge in [0.15, 0.2) is 0 Å². The van der Waals surface area contributed by atoms with Crippen molar-refractivity contribution in [3.8, 4) is 0 Å². The molecule has 4 nitrogen and oxygen atoms in total. The molecule has 0 aliphatic carbocycles. The summed E-state index contributed by atoms with van der Waals surface area (Å²) >= 11 is 0. The summed E-state index contributed by atoms with van der Waals surface area (Å²) in [5.41, 5.74) is 0. The number of hydrogen-bond acceptors (Lipinski definition) is 3. The number of piperazine rings is 1. The average molecular weight is 186 g/mol. The number of amides is 1. The molecule has 0 spiro atoms. The third-order valence-electron chi connectivity index (χ3n) is 2.44. The molecule has 1 fully saturated rings. The maximum absolute atomic E-state index is 11.4. The first-order valence-corrected chi connectivity index (χ1v) is 4.77. The molecule has 1 heterocycles. The summed E-state index contributed by atoms with van der Waals surface area (Å²) in [4.78, 5) is 15.6. The van der Waals surface area contributed by atoms with E-state index < -0.39 is 0 Å². The maximum Gasteiger partial charge on any atom is 0.248 e. The molecule has 1 amide bonds. The summed E-state index contributed by atoms with van der Waals surface area (Å²) in [5.74, 6) is 0.109. The molecule has 0 N–H and O–H groups in total. The Morgan fingerprint density at radius 3 is 2.38 bits per heavy atom. The number of carbonyl (C=O) groups is 1. The minimum Gasteiger partial charge on any atom is -0.375 e. The van der Waals surface area contributed by atoms with E-state index in [0.29, 0.717) is 0 Å². The number of likely N-dealkylation sites (N-methyl/N-ethyl adjacent to an activating group) is 1. The van der Waals surface area contributed by atoms with E-state index in [1.165, 1.54) is 0 Å². The summed E-state index contributed by atoms with van der Waals surface area (Å²) in [6.45, 7) is 7.11. The maximum atomic E-state index is 11.4. The number of rotatable bonds is 3. The van der Waals surface area contributed by atoms with Gasteiger partial charge in [-0.25, -0.2) is 0 Å². The van der Waals surface area contributed by atoms with Crippen LogP contribution in [0.25, 0.3) is 0 Å². The molecule has 1 aliphatic heterocycles. The number of hydrogen-bond donors (Lipinski definition) is 0. The van der Waals surface area contributed by atoms with Gasteiger partial charge in [-0.2, -0.15) is 0 Å². The van der Waals surface area contributed by atoms with Gasteiger partial charge >= 0.3 is 0 Å². The first-order valence-electron chi connectivity index (χ1n) is 4.77. The Hall–Kier alpha value is -0.610. The van der Waals surface area contributed by atoms with E-state index in [0.717, 1.165) is 32.7 Å². The normalized spacial score (nSPS) is 19.1. The van der Waals surface area contributed by atoms with E-state index in [4.69, 9.17) is 4.74 Å². The first kappa shape index (κ1) is 10.5. The Kier molecular flexibility index (Phi) is 4.18. The van der Waals surface area contributed by atoms with Gasteiger partial charge in [0.2, 0.25) is 5.91 Å². The summed E-state index contributed by atoms with van der Waals surface area (Å²) < 4.78 is 4.81. The topological polar surface area (TPSA) is 32.8 Å². The lowest BCUT2D eigenvalue weighted by molar-refractivity contribution is -0.136. The number of nitrogens with zero attached hydrogens (tertiary/aromatic N) is 2. The van der Waals surface area contributed by atoms with Gasteiger partial charge in [0.05, 0.1) is 0 Å². The van der Waals surface area contributed by atoms with Crippen LogP contribution < -0.4 is 0 Å². The quantitative estimate of drug-likeness (QED) is 0.612. The largest absolute Gasteiger partial charge is 0.375 e. The van der Waals surface area contributed by atoms with Crippen molar-refractivity contribution in [1.29, 1.82) is 0 Å². The van der Waals surface area contributed by atoms with Crippen molar-refractivity contribution < 1.29 is 9.53 Å². The first-order chi connectivity index (χ1) is 6.27. The zero-order valence-electron chi connectivity index (χ0n) is 8.45. The Balaban J connectivity index is 2.28. The summed E-state index contributed by atoms with van der Waals surface area (Å²) in [7, 11) is 1.56. The van der Waals surface area contributed by atoms with E-state index in [2.05, 4.69) is 11.8 Å². The van der Waals surface area contributed by atoms with Crippen molar-refractivity contribution in [2.24, 2.45) is 0 Å². The molecular formula is C9H18N2O2. The van der Waals surface area contributed by atoms with Gasteiger partial charge in [0, 0.05) is 33.3 Å². The van der Waals surface area contributed by atoms with Crippen molar-refractivity contribution in [2.75, 3.05) is 46.4 Å². The monoisotopic (exact) mass is 186 g/mol. The molecule has 0 aromatic carbocycles. The van der Waals surface area contributed by atoms with Gasteiger partial charge in [-0.15, -0.1) is 0 Å². The van der Waals surface area contributed by atoms with Crippen LogP contribution in [0.2, 0.25) is 0 Å². The van der Waals surface area contributed by atoms with Crippen LogP contribution in [0.1, 0.15) is 6.92 Å². The minimum atomic E-state index is 0.109. The van der Waals surface area contributed by atoms with Crippen LogP contribution in [0.4, 0.5) is 0 Å². The third kappa shape index (κ3) is 2.97. The summed E-state index contributed by atoms with van der Waals surface area (Å²) in [5, 5.41) is 0. The lowest BCUT2D eigenvalue weighted by atomic mass is 10.3. The van der Waals surface area contributed by atoms with Crippen molar-refractivity contribution in [3.63, 3.8) is 0 Å². The number of methoxy groups -OCH3 is 1. The molecule has 13 heavy (non-hydrogen) atoms. The van der Waals surface area contributed by atoms with Gasteiger partial charge in [-0.05, 0) is 6.54 Å². The van der Waals surface area contributed by atoms with Gasteiger partial charge in [0.25, 0.3) is 0 Å². The van der Waals surface area contributed by atoms with Crippen molar-refractivity contribution in [1.82, 2.24) is 9.80 Å². The highest BCUT2D eigenvalue weighted by Crippen LogP contribution is 2.01. The van der Waals surface area contributed by atoms with E-state index in [1.807, 2.05) is 4.90 Å². The molecule has 1 saturated heterocycles. The molecule has 0 radical (unpaired) electrons. The van der Waals surface area contributed by atoms with Crippen LogP contribution in [0.3, 0.4) is 0 Å². The highest BCUT2D eigenvalue weighted by atomic mass is 16.5. The average Bonchev–Trinajstić information content (AvgIpc) is 2.18. The van der Waals surface area contributed by atoms with E-state index in [1.54, 1.807) is 7.11 Å². The zero-order valence-corrected chi connectivity index (χ0v) is 8.45. The summed E-state index contributed by atoms with van der Waals surface area (Å²) in [6.07, 6.45) is 0. The Morgan fingerprint density at radius 2 is 1.92 bits per heavy atom. The minimum absolute atomic E-state index is 0.109. The zero-order chi connectivity index (χ0) is 9.68. The molecule has 76 valence electrons. The second-order valence-corrected chi connectivity index (χ2v) is 3.25. The van der Waals surface area contributed by atoms with Crippen LogP contribution in [0.5, 0.6) is 0 Å². The molecule has 0 aromatic rings. The molecule has 0 bridgehead atoms. The Morgan fingerprint density at radius 1 is 1.31 bits per heavy atom. The van der Waals surface area contributed by atoms with Crippen molar-refractivity contribution in [3.05, 3.63) is 0 Å². The Bertz CT molecular complexity index is 165. The van der Waals surface area contributed by atoms with E-state index in [9.17, 15) is 4.79 Å². The molecular weight excluding hydrogens is 168 g/mol. The fourth-order valence-corrected chi connectivity index (χ4v) is 1.53. The molecule has 0 atom stereocenters. The van der Waals surface area contributed by atoms with E-state index >= 15 is 0 Å². The molecule has 4 heteroatoms. The van der Waals surface area contributed by atoms with Crippen LogP contribution in [0, 0.1) is 0 Å². The SMILES string of the molecule is CCN1CCN(C(=O)COC)CC1. The summed E-state index contributed by atoms with van der Waals surface area (Å²) in [6, 6.07) is 0. The predicted molar refractivity (Wildman–Crippen MR) is 50.6 cm³/mol. The van der Waals surface area contributed by atoms with Gasteiger partial charge in [0.1, 0.15) is 6.61 Å². The van der Waals surface area contributed by atoms with Crippen LogP contribution in [-0.2, 0) is 9.53 Å². The van der Waals surface area contributed by atoms with Crippen LogP contribution in [0.15, 0.2) is 0 Å². The van der Waals surface area contributed by atoms with Crippen molar-refractivity contribution >= 4 is 5.91 Å². The van der Waals surface area contributed by atoms with Crippen LogP contribution >= 0.6 is 0 Å². The van der Waals surface area contributed by atoms with Gasteiger partial charge < -0.3 is 14.5 Å². The smallest absolute Gasteiger partial charge is 0.248 e. The fraction of sp³-hybridized carbons (Fsp3) is 0.889. The van der Waals surface area contributed by atoms with Crippen LogP contribution in [-0.4, -0.2) is 62.1 Å². The molecule has 1 aliphatic rings. The van der Waals surface area contributed by atoms with Gasteiger partial charge in [-0.1, -0.05) is 6.92 Å². The standard InChI is InChI=1S/C9H18N2O2/c1-3-10-4-6-11(7-5-10)9(12)8-13-2/h3-8H2,1-2H3. The number of ether oxygens (including phenoxy) is 1. The lowest BCUT2D eigenvalue weighted by Crippen LogP contribution is -2.49. The lowest BCUT2D eigenvalue weighted by Gasteiger charge is -2.33.